The van der Waals surface area contributed by atoms with Gasteiger partial charge >= 0.3 is 6.55 Å². The average molecular weight is 303 g/mol. The maximum absolute atomic E-state index is 12.5. The molecule has 0 saturated heterocycles. The summed E-state index contributed by atoms with van der Waals surface area (Å²) in [5.41, 5.74) is 5.81. The van der Waals surface area contributed by atoms with E-state index in [1.54, 1.807) is 0 Å². The van der Waals surface area contributed by atoms with E-state index in [1.165, 1.54) is 19.3 Å². The van der Waals surface area contributed by atoms with Gasteiger partial charge in [0.25, 0.3) is 0 Å². The van der Waals surface area contributed by atoms with Crippen molar-refractivity contribution in [2.45, 2.75) is 11.4 Å². The molecule has 0 radical (unpaired) electrons. The SMILES string of the molecule is CNS(=O)(=O)c1cc(N)cnc1-c1cnn(C(F)F)c1. The Morgan fingerprint density at radius 2 is 2.10 bits per heavy atom. The van der Waals surface area contributed by atoms with Crippen LogP contribution in [0.4, 0.5) is 14.5 Å². The quantitative estimate of drug-likeness (QED) is 0.871. The number of nitrogens with one attached hydrogen (secondary N) is 1. The molecule has 0 saturated carbocycles. The van der Waals surface area contributed by atoms with Gasteiger partial charge in [-0.1, -0.05) is 0 Å². The summed E-state index contributed by atoms with van der Waals surface area (Å²) in [6.07, 6.45) is 3.36. The first kappa shape index (κ1) is 14.3. The second-order valence-corrected chi connectivity index (χ2v) is 5.66. The molecule has 2 aromatic rings. The number of nitrogen functional groups attached to an aromatic ring is 1. The number of nitrogens with zero attached hydrogens (tertiary/aromatic N) is 3. The third kappa shape index (κ3) is 2.60. The van der Waals surface area contributed by atoms with Crippen molar-refractivity contribution < 1.29 is 17.2 Å². The maximum Gasteiger partial charge on any atom is 0.333 e. The van der Waals surface area contributed by atoms with Gasteiger partial charge in [0.05, 0.1) is 23.8 Å². The van der Waals surface area contributed by atoms with Crippen LogP contribution in [-0.2, 0) is 10.0 Å². The van der Waals surface area contributed by atoms with Gasteiger partial charge in [-0.15, -0.1) is 0 Å². The van der Waals surface area contributed by atoms with Gasteiger partial charge in [-0.3, -0.25) is 4.98 Å². The summed E-state index contributed by atoms with van der Waals surface area (Å²) in [6.45, 7) is -2.82. The summed E-state index contributed by atoms with van der Waals surface area (Å²) in [5.74, 6) is 0. The molecule has 2 rings (SSSR count). The maximum atomic E-state index is 12.5. The van der Waals surface area contributed by atoms with E-state index in [0.717, 1.165) is 12.4 Å². The smallest absolute Gasteiger partial charge is 0.333 e. The van der Waals surface area contributed by atoms with Crippen LogP contribution in [0.5, 0.6) is 0 Å². The lowest BCUT2D eigenvalue weighted by Crippen LogP contribution is -2.20. The zero-order valence-corrected chi connectivity index (χ0v) is 11.1. The number of aromatic nitrogens is 3. The topological polar surface area (TPSA) is 103 Å². The number of hydrogen-bond donors (Lipinski definition) is 2. The third-order valence-electron chi connectivity index (χ3n) is 2.51. The monoisotopic (exact) mass is 303 g/mol. The first-order valence-electron chi connectivity index (χ1n) is 5.37. The number of sulfonamides is 1. The highest BCUT2D eigenvalue weighted by molar-refractivity contribution is 7.89. The minimum atomic E-state index is -3.83. The molecule has 0 atom stereocenters. The van der Waals surface area contributed by atoms with Crippen LogP contribution >= 0.6 is 0 Å². The second kappa shape index (κ2) is 5.13. The van der Waals surface area contributed by atoms with Gasteiger partial charge in [-0.25, -0.2) is 17.8 Å². The minimum Gasteiger partial charge on any atom is -0.397 e. The van der Waals surface area contributed by atoms with E-state index in [2.05, 4.69) is 14.8 Å². The first-order valence-corrected chi connectivity index (χ1v) is 6.85. The van der Waals surface area contributed by atoms with Crippen molar-refractivity contribution in [3.8, 4) is 11.3 Å². The predicted octanol–water partition coefficient (Wildman–Crippen LogP) is 0.831. The van der Waals surface area contributed by atoms with Crippen LogP contribution in [0.25, 0.3) is 11.3 Å². The number of anilines is 1. The molecule has 7 nitrogen and oxygen atoms in total. The Morgan fingerprint density at radius 1 is 1.40 bits per heavy atom. The van der Waals surface area contributed by atoms with Crippen LogP contribution in [-0.4, -0.2) is 30.2 Å². The molecule has 0 aliphatic rings. The minimum absolute atomic E-state index is 0.000417. The van der Waals surface area contributed by atoms with Crippen molar-refractivity contribution in [2.75, 3.05) is 12.8 Å². The summed E-state index contributed by atoms with van der Waals surface area (Å²) in [5, 5.41) is 3.44. The highest BCUT2D eigenvalue weighted by Crippen LogP contribution is 2.27. The summed E-state index contributed by atoms with van der Waals surface area (Å²) < 4.78 is 51.3. The summed E-state index contributed by atoms with van der Waals surface area (Å²) in [6, 6.07) is 1.20. The van der Waals surface area contributed by atoms with Crippen LogP contribution in [0.1, 0.15) is 6.55 Å². The Morgan fingerprint density at radius 3 is 2.65 bits per heavy atom. The van der Waals surface area contributed by atoms with Crippen molar-refractivity contribution in [1.82, 2.24) is 19.5 Å². The summed E-state index contributed by atoms with van der Waals surface area (Å²) >= 11 is 0. The van der Waals surface area contributed by atoms with Crippen LogP contribution in [0.3, 0.4) is 0 Å². The molecule has 0 amide bonds. The van der Waals surface area contributed by atoms with E-state index >= 15 is 0 Å². The van der Waals surface area contributed by atoms with E-state index < -0.39 is 16.6 Å². The van der Waals surface area contributed by atoms with Gasteiger partial charge in [-0.2, -0.15) is 13.9 Å². The molecule has 3 N–H and O–H groups in total. The zero-order chi connectivity index (χ0) is 14.9. The third-order valence-corrected chi connectivity index (χ3v) is 3.93. The van der Waals surface area contributed by atoms with E-state index in [1.807, 2.05) is 0 Å². The van der Waals surface area contributed by atoms with Crippen molar-refractivity contribution in [1.29, 1.82) is 0 Å². The van der Waals surface area contributed by atoms with E-state index in [0.29, 0.717) is 4.68 Å². The average Bonchev–Trinajstić information content (AvgIpc) is 2.88. The number of pyridine rings is 1. The molecule has 0 fully saturated rings. The van der Waals surface area contributed by atoms with E-state index in [-0.39, 0.29) is 21.8 Å². The van der Waals surface area contributed by atoms with Gasteiger partial charge in [0.2, 0.25) is 10.0 Å². The number of halogens is 2. The number of hydrogen-bond acceptors (Lipinski definition) is 5. The molecular formula is C10H11F2N5O2S. The molecule has 20 heavy (non-hydrogen) atoms. The molecule has 0 bridgehead atoms. The molecule has 0 aliphatic carbocycles. The second-order valence-electron chi connectivity index (χ2n) is 3.81. The fourth-order valence-corrected chi connectivity index (χ4v) is 2.49. The Balaban J connectivity index is 2.62. The van der Waals surface area contributed by atoms with Gasteiger partial charge in [0.15, 0.2) is 0 Å². The lowest BCUT2D eigenvalue weighted by atomic mass is 10.2. The molecule has 10 heteroatoms. The van der Waals surface area contributed by atoms with Gasteiger partial charge in [0.1, 0.15) is 4.90 Å². The van der Waals surface area contributed by atoms with Crippen LogP contribution in [0, 0.1) is 0 Å². The number of nitrogens with two attached hydrogens (primary N) is 1. The Kier molecular flexibility index (Phi) is 3.68. The van der Waals surface area contributed by atoms with E-state index in [4.69, 9.17) is 5.73 Å². The fourth-order valence-electron chi connectivity index (χ4n) is 1.56. The largest absolute Gasteiger partial charge is 0.397 e. The zero-order valence-electron chi connectivity index (χ0n) is 10.3. The molecule has 2 aromatic heterocycles. The van der Waals surface area contributed by atoms with Gasteiger partial charge < -0.3 is 5.73 Å². The molecule has 0 aliphatic heterocycles. The summed E-state index contributed by atoms with van der Waals surface area (Å²) in [4.78, 5) is 3.69. The Labute approximate surface area is 113 Å². The lowest BCUT2D eigenvalue weighted by Gasteiger charge is -2.08. The predicted molar refractivity (Wildman–Crippen MR) is 67.4 cm³/mol. The molecule has 0 spiro atoms. The first-order chi connectivity index (χ1) is 9.35. The highest BCUT2D eigenvalue weighted by atomic mass is 32.2. The van der Waals surface area contributed by atoms with Crippen LogP contribution < -0.4 is 10.5 Å². The van der Waals surface area contributed by atoms with Crippen LogP contribution in [0.2, 0.25) is 0 Å². The molecule has 108 valence electrons. The molecular weight excluding hydrogens is 292 g/mol. The Hall–Kier alpha value is -2.07. The number of alkyl halides is 2. The molecule has 0 aromatic carbocycles. The normalized spacial score (nSPS) is 12.0. The highest BCUT2D eigenvalue weighted by Gasteiger charge is 2.21. The van der Waals surface area contributed by atoms with Crippen molar-refractivity contribution in [2.24, 2.45) is 0 Å². The van der Waals surface area contributed by atoms with Gasteiger partial charge in [-0.05, 0) is 13.1 Å². The van der Waals surface area contributed by atoms with Crippen molar-refractivity contribution in [3.63, 3.8) is 0 Å². The van der Waals surface area contributed by atoms with E-state index in [9.17, 15) is 17.2 Å². The van der Waals surface area contributed by atoms with Crippen LogP contribution in [0.15, 0.2) is 29.6 Å². The summed E-state index contributed by atoms with van der Waals surface area (Å²) in [7, 11) is -2.60. The molecule has 2 heterocycles. The standard InChI is InChI=1S/C10H11F2N5O2S/c1-14-20(18,19)8-2-7(13)4-15-9(8)6-3-16-17(5-6)10(11)12/h2-5,10,14H,13H2,1H3. The van der Waals surface area contributed by atoms with Crippen molar-refractivity contribution >= 4 is 15.7 Å². The van der Waals surface area contributed by atoms with Crippen molar-refractivity contribution in [3.05, 3.63) is 24.7 Å². The Bertz CT molecular complexity index is 729. The number of rotatable bonds is 4. The lowest BCUT2D eigenvalue weighted by molar-refractivity contribution is 0.0566. The van der Waals surface area contributed by atoms with Gasteiger partial charge in [0, 0.05) is 11.8 Å². The fraction of sp³-hybridized carbons (Fsp3) is 0.200. The molecule has 0 unspecified atom stereocenters.